The Balaban J connectivity index is 0.00000400. The largest absolute Gasteiger partial charge is 1.00 e. The maximum absolute atomic E-state index is 12.2. The van der Waals surface area contributed by atoms with Crippen LogP contribution in [0, 0.1) is 0 Å². The van der Waals surface area contributed by atoms with E-state index in [0.29, 0.717) is 0 Å². The van der Waals surface area contributed by atoms with Gasteiger partial charge in [-0.3, -0.25) is 0 Å². The molecule has 6 nitrogen and oxygen atoms in total. The summed E-state index contributed by atoms with van der Waals surface area (Å²) in [5.41, 5.74) is 6.73. The van der Waals surface area contributed by atoms with Crippen LogP contribution in [-0.2, 0) is 18.8 Å². The fourth-order valence-electron chi connectivity index (χ4n) is 0.675. The number of aliphatic imine (C=N–C) groups is 1. The Morgan fingerprint density at radius 2 is 1.76 bits per heavy atom. The maximum atomic E-state index is 12.2. The van der Waals surface area contributed by atoms with Gasteiger partial charge in [0.25, 0.3) is 0 Å². The minimum Gasteiger partial charge on any atom is -0.754 e. The van der Waals surface area contributed by atoms with E-state index in [2.05, 4.69) is 32.9 Å². The van der Waals surface area contributed by atoms with E-state index in [-0.39, 0.29) is 40.9 Å². The van der Waals surface area contributed by atoms with Crippen molar-refractivity contribution in [1.29, 1.82) is 0 Å². The minimum atomic E-state index is -4.84. The molecule has 3 N–H and O–H groups in total. The van der Waals surface area contributed by atoms with Gasteiger partial charge in [0.1, 0.15) is 0 Å². The molecule has 0 spiro atoms. The molecule has 0 aliphatic rings. The van der Waals surface area contributed by atoms with Crippen LogP contribution in [0.1, 0.15) is 5.01 Å². The molecule has 21 heavy (non-hydrogen) atoms. The molecule has 112 valence electrons. The molecular weight excluding hydrogens is 357 g/mol. The van der Waals surface area contributed by atoms with Crippen molar-refractivity contribution in [3.05, 3.63) is 5.01 Å². The standard InChI is InChI=1S/C6H4F6N6S2.Na/c7-5(8,9)1(19)15-17-3(13)14-4-18-16-2(20-4)6(10,11)12;/h(H,15,19)(H3,13,14,17,18);/q;+1/p-1. The van der Waals surface area contributed by atoms with Crippen LogP contribution in [0.4, 0.5) is 31.5 Å². The summed E-state index contributed by atoms with van der Waals surface area (Å²) in [6.45, 7) is 0. The number of nitrogens with two attached hydrogens (primary N) is 1. The molecule has 1 heterocycles. The fraction of sp³-hybridized carbons (Fsp3) is 0.333. The Kier molecular flexibility index (Phi) is 7.28. The second-order valence-electron chi connectivity index (χ2n) is 2.91. The SMILES string of the molecule is N/C(=N\c1nnc(C(F)(F)F)s1)N/N=C(\[S-])C(F)(F)F.[Na+]. The van der Waals surface area contributed by atoms with Crippen molar-refractivity contribution in [3.63, 3.8) is 0 Å². The van der Waals surface area contributed by atoms with E-state index in [1.807, 2.05) is 0 Å². The number of nitrogens with zero attached hydrogens (tertiary/aromatic N) is 4. The number of hydrazone groups is 1. The van der Waals surface area contributed by atoms with Crippen molar-refractivity contribution < 1.29 is 55.9 Å². The van der Waals surface area contributed by atoms with Gasteiger partial charge >= 0.3 is 41.9 Å². The van der Waals surface area contributed by atoms with E-state index in [1.54, 1.807) is 5.43 Å². The zero-order chi connectivity index (χ0) is 15.6. The first kappa shape index (κ1) is 20.3. The third-order valence-electron chi connectivity index (χ3n) is 1.39. The summed E-state index contributed by atoms with van der Waals surface area (Å²) in [7, 11) is 0. The van der Waals surface area contributed by atoms with E-state index < -0.39 is 33.5 Å². The molecule has 1 aromatic heterocycles. The van der Waals surface area contributed by atoms with E-state index in [4.69, 9.17) is 5.73 Å². The molecule has 0 bridgehead atoms. The zero-order valence-corrected chi connectivity index (χ0v) is 13.6. The van der Waals surface area contributed by atoms with Crippen molar-refractivity contribution in [2.75, 3.05) is 0 Å². The van der Waals surface area contributed by atoms with Gasteiger partial charge in [-0.25, -0.2) is 5.43 Å². The number of aromatic nitrogens is 2. The van der Waals surface area contributed by atoms with Gasteiger partial charge in [0.2, 0.25) is 16.1 Å². The van der Waals surface area contributed by atoms with E-state index in [9.17, 15) is 26.3 Å². The Labute approximate surface area is 144 Å². The van der Waals surface area contributed by atoms with Gasteiger partial charge in [0.15, 0.2) is 0 Å². The maximum Gasteiger partial charge on any atom is 1.00 e. The second-order valence-corrected chi connectivity index (χ2v) is 4.25. The molecule has 0 aliphatic heterocycles. The van der Waals surface area contributed by atoms with Crippen LogP contribution in [0.15, 0.2) is 10.1 Å². The quantitative estimate of drug-likeness (QED) is 0.168. The third-order valence-corrected chi connectivity index (χ3v) is 2.57. The Morgan fingerprint density at radius 3 is 2.19 bits per heavy atom. The van der Waals surface area contributed by atoms with E-state index in [0.717, 1.165) is 0 Å². The number of alkyl halides is 6. The van der Waals surface area contributed by atoms with Crippen molar-refractivity contribution in [2.24, 2.45) is 15.8 Å². The first-order valence-corrected chi connectivity index (χ1v) is 5.55. The number of hydrogen-bond acceptors (Lipinski definition) is 6. The normalized spacial score (nSPS) is 13.8. The molecule has 15 heteroatoms. The average Bonchev–Trinajstić information content (AvgIpc) is 2.72. The van der Waals surface area contributed by atoms with Gasteiger partial charge < -0.3 is 18.4 Å². The van der Waals surface area contributed by atoms with Gasteiger partial charge in [-0.1, -0.05) is 11.3 Å². The first-order chi connectivity index (χ1) is 9.00. The first-order valence-electron chi connectivity index (χ1n) is 4.33. The monoisotopic (exact) mass is 360 g/mol. The molecule has 0 saturated carbocycles. The molecule has 1 rings (SSSR count). The smallest absolute Gasteiger partial charge is 0.754 e. The van der Waals surface area contributed by atoms with Crippen LogP contribution in [0.2, 0.25) is 0 Å². The minimum absolute atomic E-state index is 0. The molecule has 0 saturated heterocycles. The number of guanidine groups is 1. The molecule has 0 aromatic carbocycles. The summed E-state index contributed by atoms with van der Waals surface area (Å²) in [6.07, 6.45) is -9.54. The molecule has 0 unspecified atom stereocenters. The van der Waals surface area contributed by atoms with Crippen LogP contribution >= 0.6 is 11.3 Å². The van der Waals surface area contributed by atoms with Crippen LogP contribution in [0.3, 0.4) is 0 Å². The summed E-state index contributed by atoms with van der Waals surface area (Å²) >= 11 is 3.94. The van der Waals surface area contributed by atoms with Crippen LogP contribution in [0.25, 0.3) is 0 Å². The third kappa shape index (κ3) is 6.73. The topological polar surface area (TPSA) is 88.5 Å². The Bertz CT molecular complexity index is 537. The summed E-state index contributed by atoms with van der Waals surface area (Å²) in [6, 6.07) is 0. The molecule has 0 fully saturated rings. The van der Waals surface area contributed by atoms with E-state index in [1.165, 1.54) is 0 Å². The molecule has 0 aliphatic carbocycles. The number of rotatable bonds is 2. The van der Waals surface area contributed by atoms with Gasteiger partial charge in [0, 0.05) is 5.04 Å². The second kappa shape index (κ2) is 7.53. The molecular formula is C6H3F6N6NaS2. The zero-order valence-electron chi connectivity index (χ0n) is 9.95. The van der Waals surface area contributed by atoms with Crippen molar-refractivity contribution in [3.8, 4) is 0 Å². The predicted octanol–water partition coefficient (Wildman–Crippen LogP) is -1.48. The van der Waals surface area contributed by atoms with Crippen molar-refractivity contribution in [2.45, 2.75) is 12.4 Å². The Morgan fingerprint density at radius 1 is 1.19 bits per heavy atom. The fourth-order valence-corrected chi connectivity index (χ4v) is 1.32. The van der Waals surface area contributed by atoms with E-state index >= 15 is 0 Å². The number of nitrogens with one attached hydrogen (secondary N) is 1. The summed E-state index contributed by atoms with van der Waals surface area (Å²) in [5, 5.41) is 5.09. The average molecular weight is 360 g/mol. The van der Waals surface area contributed by atoms with Crippen LogP contribution in [-0.4, -0.2) is 27.4 Å². The Hall–Kier alpha value is -0.700. The molecule has 0 amide bonds. The molecule has 0 atom stereocenters. The van der Waals surface area contributed by atoms with Crippen molar-refractivity contribution >= 4 is 40.1 Å². The van der Waals surface area contributed by atoms with Gasteiger partial charge in [-0.05, 0) is 0 Å². The number of halogens is 6. The summed E-state index contributed by atoms with van der Waals surface area (Å²) in [4.78, 5) is 3.25. The summed E-state index contributed by atoms with van der Waals surface area (Å²) in [5.74, 6) is -0.721. The predicted molar refractivity (Wildman–Crippen MR) is 60.2 cm³/mol. The van der Waals surface area contributed by atoms with Crippen LogP contribution < -0.4 is 40.7 Å². The van der Waals surface area contributed by atoms with Crippen molar-refractivity contribution in [1.82, 2.24) is 15.6 Å². The molecule has 1 aromatic rings. The number of hydrogen-bond donors (Lipinski definition) is 2. The van der Waals surface area contributed by atoms with Gasteiger partial charge in [-0.15, -0.1) is 10.2 Å². The molecule has 0 radical (unpaired) electrons. The van der Waals surface area contributed by atoms with Gasteiger partial charge in [-0.2, -0.15) is 36.4 Å². The van der Waals surface area contributed by atoms with Gasteiger partial charge in [0.05, 0.1) is 0 Å². The van der Waals surface area contributed by atoms with Crippen LogP contribution in [0.5, 0.6) is 0 Å². The summed E-state index contributed by atoms with van der Waals surface area (Å²) < 4.78 is 72.4.